The number of anilines is 1. The Morgan fingerprint density at radius 2 is 2.05 bits per heavy atom. The number of phenols is 1. The Balaban J connectivity index is 1.65. The number of carbonyl (C=O) groups is 1. The highest BCUT2D eigenvalue weighted by Gasteiger charge is 2.29. The number of nitrogens with zero attached hydrogens (tertiary/aromatic N) is 3. The number of benzene rings is 2. The first-order valence-electron chi connectivity index (χ1n) is 12.6. The van der Waals surface area contributed by atoms with Gasteiger partial charge >= 0.3 is 6.09 Å². The van der Waals surface area contributed by atoms with E-state index in [0.29, 0.717) is 48.9 Å². The van der Waals surface area contributed by atoms with E-state index >= 15 is 0 Å². The quantitative estimate of drug-likeness (QED) is 0.386. The first-order chi connectivity index (χ1) is 18.0. The van der Waals surface area contributed by atoms with Crippen molar-refractivity contribution in [3.63, 3.8) is 0 Å². The highest BCUT2D eigenvalue weighted by molar-refractivity contribution is 5.77. The Kier molecular flexibility index (Phi) is 8.47. The number of unbranched alkanes of at least 4 members (excludes halogenated alkanes) is 1. The molecule has 1 aromatic heterocycles. The van der Waals surface area contributed by atoms with E-state index in [-0.39, 0.29) is 29.1 Å². The number of hydrogen-bond donors (Lipinski definition) is 2. The van der Waals surface area contributed by atoms with E-state index in [0.717, 1.165) is 31.2 Å². The fourth-order valence-electron chi connectivity index (χ4n) is 4.58. The van der Waals surface area contributed by atoms with E-state index in [1.54, 1.807) is 29.2 Å². The number of amides is 1. The van der Waals surface area contributed by atoms with Gasteiger partial charge in [-0.25, -0.2) is 9.78 Å². The molecule has 1 atom stereocenters. The zero-order chi connectivity index (χ0) is 26.2. The van der Waals surface area contributed by atoms with Crippen LogP contribution in [-0.4, -0.2) is 40.8 Å². The number of rotatable bonds is 8. The van der Waals surface area contributed by atoms with Crippen molar-refractivity contribution in [1.29, 1.82) is 5.26 Å². The van der Waals surface area contributed by atoms with E-state index in [2.05, 4.69) is 11.1 Å². The first kappa shape index (κ1) is 25.8. The number of nitriles is 1. The van der Waals surface area contributed by atoms with Crippen LogP contribution >= 0.6 is 0 Å². The molecule has 0 saturated carbocycles. The second-order valence-electron chi connectivity index (χ2n) is 9.15. The van der Waals surface area contributed by atoms with Gasteiger partial charge in [0.25, 0.3) is 0 Å². The number of likely N-dealkylation sites (tertiary alicyclic amines) is 1. The molecule has 0 bridgehead atoms. The van der Waals surface area contributed by atoms with Gasteiger partial charge in [-0.3, -0.25) is 0 Å². The Morgan fingerprint density at radius 3 is 2.81 bits per heavy atom. The van der Waals surface area contributed by atoms with Crippen LogP contribution in [0, 0.1) is 11.3 Å². The average Bonchev–Trinajstić information content (AvgIpc) is 2.92. The molecule has 1 saturated heterocycles. The van der Waals surface area contributed by atoms with E-state index in [1.165, 1.54) is 0 Å². The number of carbonyl (C=O) groups excluding carboxylic acids is 1. The number of aromatic nitrogens is 1. The molecule has 1 aliphatic heterocycles. The van der Waals surface area contributed by atoms with Crippen LogP contribution in [0.15, 0.2) is 54.6 Å². The molecule has 1 unspecified atom stereocenters. The minimum atomic E-state index is -0.337. The molecule has 3 aromatic rings. The lowest BCUT2D eigenvalue weighted by Crippen LogP contribution is -2.39. The summed E-state index contributed by atoms with van der Waals surface area (Å²) in [5.41, 5.74) is 9.05. The largest absolute Gasteiger partial charge is 0.507 e. The normalized spacial score (nSPS) is 15.1. The molecule has 2 aromatic carbocycles. The summed E-state index contributed by atoms with van der Waals surface area (Å²) in [7, 11) is 0. The number of piperidine rings is 1. The van der Waals surface area contributed by atoms with Crippen molar-refractivity contribution in [3.05, 3.63) is 71.3 Å². The van der Waals surface area contributed by atoms with Crippen molar-refractivity contribution in [2.75, 3.05) is 25.4 Å². The molecule has 37 heavy (non-hydrogen) atoms. The van der Waals surface area contributed by atoms with Crippen LogP contribution in [0.2, 0.25) is 0 Å². The van der Waals surface area contributed by atoms with Crippen LogP contribution < -0.4 is 10.5 Å². The van der Waals surface area contributed by atoms with Crippen molar-refractivity contribution in [3.8, 4) is 28.8 Å². The minimum absolute atomic E-state index is 0.00195. The van der Waals surface area contributed by atoms with Crippen LogP contribution in [0.25, 0.3) is 11.3 Å². The number of hydrogen-bond acceptors (Lipinski definition) is 7. The molecular weight excluding hydrogens is 468 g/mol. The number of phenolic OH excluding ortho intramolecular Hbond substituents is 1. The standard InChI is InChI=1S/C29H32N4O4/c1-2-3-15-36-29(35)33-14-8-11-21(18-33)22-16-24(32-28(31)23(22)17-30)27-25(34)12-7-13-26(27)37-19-20-9-5-4-6-10-20/h4-7,9-10,12-13,16,21,34H,2-3,8,11,14-15,18-19H2,1H3,(H2,31,32). The summed E-state index contributed by atoms with van der Waals surface area (Å²) in [5, 5.41) is 20.7. The predicted molar refractivity (Wildman–Crippen MR) is 141 cm³/mol. The number of nitrogens with two attached hydrogens (primary N) is 1. The summed E-state index contributed by atoms with van der Waals surface area (Å²) >= 11 is 0. The number of ether oxygens (including phenoxy) is 2. The van der Waals surface area contributed by atoms with Gasteiger partial charge in [-0.2, -0.15) is 5.26 Å². The van der Waals surface area contributed by atoms with Crippen molar-refractivity contribution >= 4 is 11.9 Å². The topological polar surface area (TPSA) is 122 Å². The molecule has 0 radical (unpaired) electrons. The van der Waals surface area contributed by atoms with Crippen LogP contribution in [0.3, 0.4) is 0 Å². The Morgan fingerprint density at radius 1 is 1.24 bits per heavy atom. The first-order valence-corrected chi connectivity index (χ1v) is 12.6. The number of aromatic hydroxyl groups is 1. The SMILES string of the molecule is CCCCOC(=O)N1CCCC(c2cc(-c3c(O)cccc3OCc3ccccc3)nc(N)c2C#N)C1. The van der Waals surface area contributed by atoms with E-state index in [4.69, 9.17) is 15.2 Å². The zero-order valence-electron chi connectivity index (χ0n) is 21.0. The molecule has 1 amide bonds. The molecule has 2 heterocycles. The van der Waals surface area contributed by atoms with Gasteiger partial charge in [-0.05, 0) is 48.6 Å². The minimum Gasteiger partial charge on any atom is -0.507 e. The van der Waals surface area contributed by atoms with Gasteiger partial charge in [-0.15, -0.1) is 0 Å². The lowest BCUT2D eigenvalue weighted by Gasteiger charge is -2.33. The summed E-state index contributed by atoms with van der Waals surface area (Å²) < 4.78 is 11.5. The van der Waals surface area contributed by atoms with E-state index < -0.39 is 0 Å². The summed E-state index contributed by atoms with van der Waals surface area (Å²) in [4.78, 5) is 18.7. The summed E-state index contributed by atoms with van der Waals surface area (Å²) in [6.07, 6.45) is 2.99. The molecule has 3 N–H and O–H groups in total. The summed E-state index contributed by atoms with van der Waals surface area (Å²) in [6, 6.07) is 18.7. The molecule has 4 rings (SSSR count). The van der Waals surface area contributed by atoms with Gasteiger partial charge < -0.3 is 25.2 Å². The molecule has 1 fully saturated rings. The second-order valence-corrected chi connectivity index (χ2v) is 9.15. The molecule has 8 heteroatoms. The van der Waals surface area contributed by atoms with Gasteiger partial charge in [-0.1, -0.05) is 49.7 Å². The Bertz CT molecular complexity index is 1270. The monoisotopic (exact) mass is 500 g/mol. The Hall–Kier alpha value is -4.25. The van der Waals surface area contributed by atoms with E-state index in [9.17, 15) is 15.2 Å². The molecule has 0 aliphatic carbocycles. The predicted octanol–water partition coefficient (Wildman–Crippen LogP) is 5.60. The fourth-order valence-corrected chi connectivity index (χ4v) is 4.58. The van der Waals surface area contributed by atoms with E-state index in [1.807, 2.05) is 37.3 Å². The second kappa shape index (κ2) is 12.1. The van der Waals surface area contributed by atoms with Crippen molar-refractivity contribution in [1.82, 2.24) is 9.88 Å². The maximum atomic E-state index is 12.6. The van der Waals surface area contributed by atoms with Crippen molar-refractivity contribution < 1.29 is 19.4 Å². The van der Waals surface area contributed by atoms with Crippen molar-refractivity contribution in [2.24, 2.45) is 0 Å². The zero-order valence-corrected chi connectivity index (χ0v) is 21.0. The lowest BCUT2D eigenvalue weighted by molar-refractivity contribution is 0.0904. The fraction of sp³-hybridized carbons (Fsp3) is 0.345. The Labute approximate surface area is 217 Å². The molecule has 192 valence electrons. The lowest BCUT2D eigenvalue weighted by atomic mass is 9.87. The van der Waals surface area contributed by atoms with Gasteiger partial charge in [0.2, 0.25) is 0 Å². The summed E-state index contributed by atoms with van der Waals surface area (Å²) in [5.74, 6) is 0.412. The van der Waals surface area contributed by atoms with Crippen LogP contribution in [0.4, 0.5) is 10.6 Å². The third kappa shape index (κ3) is 6.12. The molecule has 0 spiro atoms. The number of pyridine rings is 1. The van der Waals surface area contributed by atoms with Crippen LogP contribution in [0.1, 0.15) is 55.2 Å². The van der Waals surface area contributed by atoms with Gasteiger partial charge in [0.15, 0.2) is 0 Å². The van der Waals surface area contributed by atoms with Gasteiger partial charge in [0.05, 0.1) is 23.4 Å². The van der Waals surface area contributed by atoms with Gasteiger partial charge in [0, 0.05) is 19.0 Å². The maximum Gasteiger partial charge on any atom is 0.409 e. The molecular formula is C29H32N4O4. The average molecular weight is 501 g/mol. The third-order valence-electron chi connectivity index (χ3n) is 6.53. The molecule has 1 aliphatic rings. The highest BCUT2D eigenvalue weighted by atomic mass is 16.6. The highest BCUT2D eigenvalue weighted by Crippen LogP contribution is 2.40. The third-order valence-corrected chi connectivity index (χ3v) is 6.53. The van der Waals surface area contributed by atoms with Crippen LogP contribution in [-0.2, 0) is 11.3 Å². The van der Waals surface area contributed by atoms with Crippen LogP contribution in [0.5, 0.6) is 11.5 Å². The maximum absolute atomic E-state index is 12.6. The number of nitrogen functional groups attached to an aromatic ring is 1. The van der Waals surface area contributed by atoms with Crippen molar-refractivity contribution in [2.45, 2.75) is 45.1 Å². The smallest absolute Gasteiger partial charge is 0.409 e. The van der Waals surface area contributed by atoms with Gasteiger partial charge in [0.1, 0.15) is 30.0 Å². The molecule has 8 nitrogen and oxygen atoms in total. The summed E-state index contributed by atoms with van der Waals surface area (Å²) in [6.45, 7) is 3.77.